The fourth-order valence-corrected chi connectivity index (χ4v) is 4.84. The van der Waals surface area contributed by atoms with Crippen LogP contribution in [0.2, 0.25) is 0 Å². The molecule has 1 saturated carbocycles. The fraction of sp³-hybridized carbons (Fsp3) is 0.357. The molecule has 0 aliphatic heterocycles. The number of rotatable bonds is 5. The number of halogens is 3. The summed E-state index contributed by atoms with van der Waals surface area (Å²) < 4.78 is 43.9. The van der Waals surface area contributed by atoms with E-state index < -0.39 is 11.6 Å². The van der Waals surface area contributed by atoms with Crippen molar-refractivity contribution in [3.05, 3.63) is 94.3 Å². The molecular formula is C28H29F3. The summed E-state index contributed by atoms with van der Waals surface area (Å²) in [4.78, 5) is 0. The Morgan fingerprint density at radius 3 is 2.10 bits per heavy atom. The second-order valence-corrected chi connectivity index (χ2v) is 8.83. The molecule has 31 heavy (non-hydrogen) atoms. The van der Waals surface area contributed by atoms with Crippen LogP contribution in [0.4, 0.5) is 13.2 Å². The first-order valence-electron chi connectivity index (χ1n) is 11.3. The minimum absolute atomic E-state index is 0.00188. The van der Waals surface area contributed by atoms with Gasteiger partial charge in [0.25, 0.3) is 0 Å². The van der Waals surface area contributed by atoms with E-state index in [-0.39, 0.29) is 17.7 Å². The second kappa shape index (κ2) is 9.30. The summed E-state index contributed by atoms with van der Waals surface area (Å²) in [5.41, 5.74) is 4.34. The fourth-order valence-electron chi connectivity index (χ4n) is 4.84. The lowest BCUT2D eigenvalue weighted by Crippen LogP contribution is -2.14. The van der Waals surface area contributed by atoms with Crippen LogP contribution in [0.3, 0.4) is 0 Å². The van der Waals surface area contributed by atoms with Crippen LogP contribution in [0.15, 0.2) is 54.6 Å². The molecule has 0 spiro atoms. The number of aryl methyl sites for hydroxylation is 2. The van der Waals surface area contributed by atoms with E-state index in [2.05, 4.69) is 6.92 Å². The van der Waals surface area contributed by atoms with E-state index >= 15 is 4.39 Å². The van der Waals surface area contributed by atoms with E-state index in [4.69, 9.17) is 0 Å². The van der Waals surface area contributed by atoms with Gasteiger partial charge in [-0.2, -0.15) is 0 Å². The second-order valence-electron chi connectivity index (χ2n) is 8.83. The van der Waals surface area contributed by atoms with Gasteiger partial charge in [-0.15, -0.1) is 0 Å². The highest BCUT2D eigenvalue weighted by atomic mass is 19.2. The summed E-state index contributed by atoms with van der Waals surface area (Å²) in [6.07, 6.45) is 5.30. The van der Waals surface area contributed by atoms with Gasteiger partial charge in [0.05, 0.1) is 0 Å². The zero-order valence-corrected chi connectivity index (χ0v) is 18.2. The Labute approximate surface area is 183 Å². The predicted octanol–water partition coefficient (Wildman–Crippen LogP) is 8.47. The Morgan fingerprint density at radius 2 is 1.45 bits per heavy atom. The third kappa shape index (κ3) is 4.56. The molecule has 0 aromatic heterocycles. The zero-order chi connectivity index (χ0) is 22.0. The van der Waals surface area contributed by atoms with Crippen molar-refractivity contribution in [2.45, 2.75) is 64.2 Å². The topological polar surface area (TPSA) is 0 Å². The molecule has 0 nitrogen and oxygen atoms in total. The first kappa shape index (κ1) is 21.7. The summed E-state index contributed by atoms with van der Waals surface area (Å²) in [6.45, 7) is 3.88. The number of benzene rings is 3. The molecule has 0 amide bonds. The lowest BCUT2D eigenvalue weighted by atomic mass is 9.75. The van der Waals surface area contributed by atoms with Gasteiger partial charge in [-0.3, -0.25) is 0 Å². The molecule has 0 radical (unpaired) electrons. The normalized spacial score (nSPS) is 18.9. The maximum atomic E-state index is 15.0. The monoisotopic (exact) mass is 422 g/mol. The van der Waals surface area contributed by atoms with Crippen molar-refractivity contribution >= 4 is 0 Å². The van der Waals surface area contributed by atoms with E-state index in [0.29, 0.717) is 22.3 Å². The average Bonchev–Trinajstić information content (AvgIpc) is 2.79. The third-order valence-electron chi connectivity index (χ3n) is 6.75. The summed E-state index contributed by atoms with van der Waals surface area (Å²) in [7, 11) is 0. The third-order valence-corrected chi connectivity index (χ3v) is 6.75. The van der Waals surface area contributed by atoms with Crippen LogP contribution in [0.5, 0.6) is 0 Å². The average molecular weight is 423 g/mol. The van der Waals surface area contributed by atoms with Gasteiger partial charge in [0.2, 0.25) is 0 Å². The van der Waals surface area contributed by atoms with Gasteiger partial charge >= 0.3 is 0 Å². The summed E-state index contributed by atoms with van der Waals surface area (Å²) >= 11 is 0. The van der Waals surface area contributed by atoms with Gasteiger partial charge in [0.15, 0.2) is 11.6 Å². The molecule has 0 N–H and O–H groups in total. The molecule has 0 saturated heterocycles. The molecule has 1 aliphatic carbocycles. The largest absolute Gasteiger partial charge is 0.207 e. The van der Waals surface area contributed by atoms with Crippen LogP contribution in [-0.2, 0) is 6.42 Å². The van der Waals surface area contributed by atoms with Crippen LogP contribution in [0, 0.1) is 24.4 Å². The Hall–Kier alpha value is -2.55. The Bertz CT molecular complexity index is 1040. The Morgan fingerprint density at radius 1 is 0.774 bits per heavy atom. The van der Waals surface area contributed by atoms with Crippen molar-refractivity contribution in [3.63, 3.8) is 0 Å². The van der Waals surface area contributed by atoms with Gasteiger partial charge < -0.3 is 0 Å². The molecule has 3 aromatic rings. The molecule has 0 bridgehead atoms. The molecule has 3 aromatic carbocycles. The molecular weight excluding hydrogens is 393 g/mol. The van der Waals surface area contributed by atoms with Crippen LogP contribution in [0.1, 0.15) is 73.1 Å². The zero-order valence-electron chi connectivity index (χ0n) is 18.2. The van der Waals surface area contributed by atoms with E-state index in [9.17, 15) is 8.78 Å². The minimum Gasteiger partial charge on any atom is -0.207 e. The molecule has 4 rings (SSSR count). The lowest BCUT2D eigenvalue weighted by molar-refractivity contribution is 0.381. The van der Waals surface area contributed by atoms with Crippen molar-refractivity contribution in [1.29, 1.82) is 0 Å². The van der Waals surface area contributed by atoms with E-state index in [1.165, 1.54) is 5.56 Å². The molecule has 1 fully saturated rings. The van der Waals surface area contributed by atoms with Gasteiger partial charge in [-0.1, -0.05) is 61.9 Å². The minimum atomic E-state index is -0.761. The van der Waals surface area contributed by atoms with Crippen molar-refractivity contribution in [2.24, 2.45) is 0 Å². The molecule has 0 unspecified atom stereocenters. The summed E-state index contributed by atoms with van der Waals surface area (Å²) in [5.74, 6) is -1.38. The smallest absolute Gasteiger partial charge is 0.166 e. The van der Waals surface area contributed by atoms with E-state index in [0.717, 1.165) is 44.1 Å². The standard InChI is InChI=1S/C28H29F3/c1-3-4-19-6-9-21(10-7-19)24-15-16-25(28(31)27(24)30)22-13-11-20(12-14-22)23-8-5-18(2)26(29)17-23/h5-10,15-17,20,22H,3-4,11-14H2,1-2H3. The maximum absolute atomic E-state index is 15.0. The predicted molar refractivity (Wildman–Crippen MR) is 121 cm³/mol. The van der Waals surface area contributed by atoms with Crippen molar-refractivity contribution in [1.82, 2.24) is 0 Å². The van der Waals surface area contributed by atoms with Crippen molar-refractivity contribution in [2.75, 3.05) is 0 Å². The van der Waals surface area contributed by atoms with Crippen LogP contribution < -0.4 is 0 Å². The maximum Gasteiger partial charge on any atom is 0.166 e. The van der Waals surface area contributed by atoms with Crippen LogP contribution in [0.25, 0.3) is 11.1 Å². The lowest BCUT2D eigenvalue weighted by Gasteiger charge is -2.29. The highest BCUT2D eigenvalue weighted by Crippen LogP contribution is 2.42. The van der Waals surface area contributed by atoms with Gasteiger partial charge in [-0.25, -0.2) is 13.2 Å². The molecule has 1 aliphatic rings. The van der Waals surface area contributed by atoms with Gasteiger partial charge in [0.1, 0.15) is 5.82 Å². The Kier molecular flexibility index (Phi) is 6.50. The molecule has 162 valence electrons. The van der Waals surface area contributed by atoms with Gasteiger partial charge in [-0.05, 0) is 84.7 Å². The first-order chi connectivity index (χ1) is 15.0. The number of hydrogen-bond acceptors (Lipinski definition) is 0. The van der Waals surface area contributed by atoms with Crippen LogP contribution in [-0.4, -0.2) is 0 Å². The van der Waals surface area contributed by atoms with Crippen LogP contribution >= 0.6 is 0 Å². The van der Waals surface area contributed by atoms with Crippen molar-refractivity contribution in [3.8, 4) is 11.1 Å². The summed E-state index contributed by atoms with van der Waals surface area (Å²) in [5, 5.41) is 0. The van der Waals surface area contributed by atoms with E-state index in [1.807, 2.05) is 36.4 Å². The first-order valence-corrected chi connectivity index (χ1v) is 11.3. The highest BCUT2D eigenvalue weighted by molar-refractivity contribution is 5.65. The summed E-state index contributed by atoms with van der Waals surface area (Å²) in [6, 6.07) is 16.6. The van der Waals surface area contributed by atoms with E-state index in [1.54, 1.807) is 25.1 Å². The van der Waals surface area contributed by atoms with Gasteiger partial charge in [0, 0.05) is 5.56 Å². The quantitative estimate of drug-likeness (QED) is 0.387. The SMILES string of the molecule is CCCc1ccc(-c2ccc(C3CCC(c4ccc(C)c(F)c4)CC3)c(F)c2F)cc1. The van der Waals surface area contributed by atoms with Crippen molar-refractivity contribution < 1.29 is 13.2 Å². The molecule has 0 atom stereocenters. The number of hydrogen-bond donors (Lipinski definition) is 0. The Balaban J connectivity index is 1.49. The molecule has 3 heteroatoms. The molecule has 0 heterocycles. The highest BCUT2D eigenvalue weighted by Gasteiger charge is 2.27.